The highest BCUT2D eigenvalue weighted by molar-refractivity contribution is 7.15. The summed E-state index contributed by atoms with van der Waals surface area (Å²) in [4.78, 5) is 8.54. The highest BCUT2D eigenvalue weighted by Crippen LogP contribution is 2.35. The molecule has 3 nitrogen and oxygen atoms in total. The zero-order valence-corrected chi connectivity index (χ0v) is 13.5. The molecule has 0 spiro atoms. The summed E-state index contributed by atoms with van der Waals surface area (Å²) in [5.74, 6) is 0.698. The topological polar surface area (TPSA) is 28.2 Å². The van der Waals surface area contributed by atoms with Gasteiger partial charge < -0.3 is 10.2 Å². The van der Waals surface area contributed by atoms with Gasteiger partial charge in [0.05, 0.1) is 0 Å². The predicted molar refractivity (Wildman–Crippen MR) is 84.0 cm³/mol. The van der Waals surface area contributed by atoms with Crippen LogP contribution in [0.3, 0.4) is 0 Å². The number of nitrogens with one attached hydrogen (secondary N) is 1. The smallest absolute Gasteiger partial charge is 0.185 e. The van der Waals surface area contributed by atoms with E-state index in [2.05, 4.69) is 49.1 Å². The largest absolute Gasteiger partial charge is 0.345 e. The Morgan fingerprint density at radius 3 is 2.74 bits per heavy atom. The van der Waals surface area contributed by atoms with E-state index in [0.717, 1.165) is 19.1 Å². The van der Waals surface area contributed by atoms with Crippen LogP contribution < -0.4 is 10.2 Å². The van der Waals surface area contributed by atoms with Gasteiger partial charge in [0.1, 0.15) is 0 Å². The molecule has 2 rings (SSSR count). The molecule has 0 saturated heterocycles. The SMILES string of the molecule is CCCNC(C)c1cnc(N(CC(C)C)C2CC2)s1. The van der Waals surface area contributed by atoms with Crippen molar-refractivity contribution in [2.45, 2.75) is 59.0 Å². The van der Waals surface area contributed by atoms with Gasteiger partial charge in [0, 0.05) is 29.7 Å². The fraction of sp³-hybridized carbons (Fsp3) is 0.800. The summed E-state index contributed by atoms with van der Waals surface area (Å²) in [6.07, 6.45) is 5.91. The molecule has 19 heavy (non-hydrogen) atoms. The molecule has 1 aliphatic carbocycles. The first kappa shape index (κ1) is 14.8. The van der Waals surface area contributed by atoms with E-state index in [1.54, 1.807) is 0 Å². The van der Waals surface area contributed by atoms with E-state index >= 15 is 0 Å². The van der Waals surface area contributed by atoms with Gasteiger partial charge in [0.2, 0.25) is 0 Å². The van der Waals surface area contributed by atoms with Gasteiger partial charge in [-0.2, -0.15) is 0 Å². The van der Waals surface area contributed by atoms with Crippen molar-refractivity contribution in [2.75, 3.05) is 18.0 Å². The van der Waals surface area contributed by atoms with Crippen LogP contribution in [0.5, 0.6) is 0 Å². The van der Waals surface area contributed by atoms with Gasteiger partial charge in [-0.05, 0) is 38.6 Å². The summed E-state index contributed by atoms with van der Waals surface area (Å²) < 4.78 is 0. The normalized spacial score (nSPS) is 16.9. The fourth-order valence-corrected chi connectivity index (χ4v) is 3.26. The quantitative estimate of drug-likeness (QED) is 0.785. The first-order valence-corrected chi connectivity index (χ1v) is 8.39. The number of hydrogen-bond donors (Lipinski definition) is 1. The Morgan fingerprint density at radius 2 is 2.16 bits per heavy atom. The predicted octanol–water partition coefficient (Wildman–Crippen LogP) is 3.83. The van der Waals surface area contributed by atoms with E-state index in [1.807, 2.05) is 11.3 Å². The van der Waals surface area contributed by atoms with Crippen LogP contribution in [0.2, 0.25) is 0 Å². The monoisotopic (exact) mass is 281 g/mol. The molecule has 1 fully saturated rings. The molecular weight excluding hydrogens is 254 g/mol. The van der Waals surface area contributed by atoms with Crippen molar-refractivity contribution >= 4 is 16.5 Å². The summed E-state index contributed by atoms with van der Waals surface area (Å²) >= 11 is 1.86. The van der Waals surface area contributed by atoms with Crippen molar-refractivity contribution in [3.8, 4) is 0 Å². The van der Waals surface area contributed by atoms with Crippen molar-refractivity contribution in [1.82, 2.24) is 10.3 Å². The van der Waals surface area contributed by atoms with Crippen molar-refractivity contribution in [3.63, 3.8) is 0 Å². The second-order valence-corrected chi connectivity index (χ2v) is 7.04. The molecule has 0 amide bonds. The fourth-order valence-electron chi connectivity index (χ4n) is 2.23. The highest BCUT2D eigenvalue weighted by atomic mass is 32.1. The maximum atomic E-state index is 4.66. The Balaban J connectivity index is 2.01. The van der Waals surface area contributed by atoms with E-state index in [-0.39, 0.29) is 0 Å². The Hall–Kier alpha value is -0.610. The molecule has 0 aromatic carbocycles. The van der Waals surface area contributed by atoms with E-state index in [0.29, 0.717) is 12.0 Å². The Morgan fingerprint density at radius 1 is 1.42 bits per heavy atom. The van der Waals surface area contributed by atoms with Gasteiger partial charge in [-0.1, -0.05) is 20.8 Å². The molecule has 108 valence electrons. The zero-order chi connectivity index (χ0) is 13.8. The van der Waals surface area contributed by atoms with Crippen LogP contribution in [0, 0.1) is 5.92 Å². The summed E-state index contributed by atoms with van der Waals surface area (Å²) in [5.41, 5.74) is 0. The minimum atomic E-state index is 0.423. The van der Waals surface area contributed by atoms with Crippen LogP contribution >= 0.6 is 11.3 Å². The molecular formula is C15H27N3S. The van der Waals surface area contributed by atoms with E-state index in [9.17, 15) is 0 Å². The number of rotatable bonds is 8. The molecule has 0 radical (unpaired) electrons. The van der Waals surface area contributed by atoms with Gasteiger partial charge >= 0.3 is 0 Å². The van der Waals surface area contributed by atoms with Crippen molar-refractivity contribution in [3.05, 3.63) is 11.1 Å². The summed E-state index contributed by atoms with van der Waals surface area (Å²) in [5, 5.41) is 4.76. The van der Waals surface area contributed by atoms with E-state index in [4.69, 9.17) is 0 Å². The molecule has 4 heteroatoms. The third-order valence-electron chi connectivity index (χ3n) is 3.43. The van der Waals surface area contributed by atoms with Gasteiger partial charge in [0.15, 0.2) is 5.13 Å². The lowest BCUT2D eigenvalue weighted by Gasteiger charge is -2.23. The molecule has 0 aliphatic heterocycles. The van der Waals surface area contributed by atoms with Crippen molar-refractivity contribution in [2.24, 2.45) is 5.92 Å². The molecule has 1 saturated carbocycles. The number of thiazole rings is 1. The molecule has 1 N–H and O–H groups in total. The Labute approximate surface area is 121 Å². The minimum Gasteiger partial charge on any atom is -0.345 e. The summed E-state index contributed by atoms with van der Waals surface area (Å²) in [6.45, 7) is 11.2. The number of hydrogen-bond acceptors (Lipinski definition) is 4. The van der Waals surface area contributed by atoms with Crippen molar-refractivity contribution in [1.29, 1.82) is 0 Å². The first-order chi connectivity index (χ1) is 9.11. The summed E-state index contributed by atoms with van der Waals surface area (Å²) in [6, 6.07) is 1.17. The van der Waals surface area contributed by atoms with Crippen LogP contribution in [0.4, 0.5) is 5.13 Å². The van der Waals surface area contributed by atoms with Crippen LogP contribution in [0.25, 0.3) is 0 Å². The van der Waals surface area contributed by atoms with Crippen LogP contribution in [-0.2, 0) is 0 Å². The highest BCUT2D eigenvalue weighted by Gasteiger charge is 2.31. The standard InChI is InChI=1S/C15H27N3S/c1-5-8-16-12(4)14-9-17-15(19-14)18(10-11(2)3)13-6-7-13/h9,11-13,16H,5-8,10H2,1-4H3. The number of nitrogens with zero attached hydrogens (tertiary/aromatic N) is 2. The minimum absolute atomic E-state index is 0.423. The lowest BCUT2D eigenvalue weighted by molar-refractivity contribution is 0.577. The lowest BCUT2D eigenvalue weighted by atomic mass is 10.2. The molecule has 1 unspecified atom stereocenters. The average Bonchev–Trinajstić information content (AvgIpc) is 3.09. The van der Waals surface area contributed by atoms with Gasteiger partial charge in [-0.25, -0.2) is 4.98 Å². The van der Waals surface area contributed by atoms with Crippen molar-refractivity contribution < 1.29 is 0 Å². The molecule has 1 aromatic rings. The zero-order valence-electron chi connectivity index (χ0n) is 12.6. The average molecular weight is 281 g/mol. The third-order valence-corrected chi connectivity index (χ3v) is 4.65. The van der Waals surface area contributed by atoms with Crippen LogP contribution in [0.1, 0.15) is 57.9 Å². The van der Waals surface area contributed by atoms with E-state index < -0.39 is 0 Å². The van der Waals surface area contributed by atoms with Crippen LogP contribution in [-0.4, -0.2) is 24.1 Å². The van der Waals surface area contributed by atoms with Gasteiger partial charge in [-0.3, -0.25) is 0 Å². The molecule has 1 aromatic heterocycles. The molecule has 0 bridgehead atoms. The lowest BCUT2D eigenvalue weighted by Crippen LogP contribution is -2.29. The maximum Gasteiger partial charge on any atom is 0.185 e. The maximum absolute atomic E-state index is 4.66. The second kappa shape index (κ2) is 6.71. The number of anilines is 1. The molecule has 1 heterocycles. The third kappa shape index (κ3) is 4.18. The Kier molecular flexibility index (Phi) is 5.22. The second-order valence-electron chi connectivity index (χ2n) is 6.00. The Bertz CT molecular complexity index is 384. The van der Waals surface area contributed by atoms with Crippen LogP contribution in [0.15, 0.2) is 6.20 Å². The first-order valence-electron chi connectivity index (χ1n) is 7.57. The van der Waals surface area contributed by atoms with Gasteiger partial charge in [0.25, 0.3) is 0 Å². The van der Waals surface area contributed by atoms with Gasteiger partial charge in [-0.15, -0.1) is 11.3 Å². The van der Waals surface area contributed by atoms with E-state index in [1.165, 1.54) is 29.3 Å². The number of aromatic nitrogens is 1. The molecule has 1 aliphatic rings. The summed E-state index contributed by atoms with van der Waals surface area (Å²) in [7, 11) is 0. The molecule has 1 atom stereocenters.